The molecule has 0 aromatic rings. The normalized spacial score (nSPS) is 44.9. The first kappa shape index (κ1) is 25.1. The highest BCUT2D eigenvalue weighted by atomic mass is 16.7. The highest BCUT2D eigenvalue weighted by molar-refractivity contribution is 5.26. The summed E-state index contributed by atoms with van der Waals surface area (Å²) in [7, 11) is 0. The van der Waals surface area contributed by atoms with Crippen molar-refractivity contribution >= 4 is 0 Å². The summed E-state index contributed by atoms with van der Waals surface area (Å²) in [4.78, 5) is 0. The van der Waals surface area contributed by atoms with Gasteiger partial charge in [-0.25, -0.2) is 0 Å². The minimum atomic E-state index is 0.0580. The Morgan fingerprint density at radius 1 is 1.09 bits per heavy atom. The van der Waals surface area contributed by atoms with Gasteiger partial charge in [0.1, 0.15) is 0 Å². The van der Waals surface area contributed by atoms with Gasteiger partial charge in [0.2, 0.25) is 0 Å². The summed E-state index contributed by atoms with van der Waals surface area (Å²) >= 11 is 0. The summed E-state index contributed by atoms with van der Waals surface area (Å²) in [5, 5.41) is 0. The second kappa shape index (κ2) is 10.0. The second-order valence-corrected chi connectivity index (χ2v) is 13.7. The number of ether oxygens (including phenoxy) is 2. The van der Waals surface area contributed by atoms with E-state index < -0.39 is 0 Å². The van der Waals surface area contributed by atoms with Crippen LogP contribution in [0.25, 0.3) is 0 Å². The van der Waals surface area contributed by atoms with Crippen molar-refractivity contribution in [3.05, 3.63) is 23.3 Å². The zero-order chi connectivity index (χ0) is 23.9. The van der Waals surface area contributed by atoms with E-state index in [1.807, 2.05) is 0 Å². The van der Waals surface area contributed by atoms with Gasteiger partial charge in [0, 0.05) is 6.61 Å². The van der Waals surface area contributed by atoms with E-state index >= 15 is 0 Å². The van der Waals surface area contributed by atoms with Gasteiger partial charge >= 0.3 is 0 Å². The maximum atomic E-state index is 6.47. The van der Waals surface area contributed by atoms with E-state index in [4.69, 9.17) is 9.47 Å². The van der Waals surface area contributed by atoms with E-state index in [0.717, 1.165) is 49.0 Å². The van der Waals surface area contributed by atoms with Crippen molar-refractivity contribution in [3.8, 4) is 0 Å². The summed E-state index contributed by atoms with van der Waals surface area (Å²) < 4.78 is 12.4. The molecule has 3 saturated carbocycles. The van der Waals surface area contributed by atoms with Gasteiger partial charge in [-0.3, -0.25) is 0 Å². The fraction of sp³-hybridized carbons (Fsp3) is 0.875. The third kappa shape index (κ3) is 4.60. The molecule has 1 heterocycles. The molecule has 2 nitrogen and oxygen atoms in total. The summed E-state index contributed by atoms with van der Waals surface area (Å²) in [6.45, 7) is 13.4. The lowest BCUT2D eigenvalue weighted by atomic mass is 9.47. The summed E-state index contributed by atoms with van der Waals surface area (Å²) in [5.74, 6) is 4.35. The molecule has 2 heteroatoms. The Morgan fingerprint density at radius 2 is 1.94 bits per heavy atom. The van der Waals surface area contributed by atoms with E-state index in [9.17, 15) is 0 Å². The van der Waals surface area contributed by atoms with Crippen LogP contribution in [0.15, 0.2) is 23.3 Å². The monoisotopic (exact) mass is 468 g/mol. The average molecular weight is 469 g/mol. The van der Waals surface area contributed by atoms with Gasteiger partial charge in [0.25, 0.3) is 0 Å². The minimum absolute atomic E-state index is 0.0580. The van der Waals surface area contributed by atoms with Crippen LogP contribution in [0.4, 0.5) is 0 Å². The van der Waals surface area contributed by atoms with Crippen molar-refractivity contribution in [1.29, 1.82) is 0 Å². The molecule has 0 aromatic heterocycles. The molecule has 0 amide bonds. The molecule has 0 radical (unpaired) electrons. The molecule has 192 valence electrons. The summed E-state index contributed by atoms with van der Waals surface area (Å²) in [6, 6.07) is 0. The highest BCUT2D eigenvalue weighted by Crippen LogP contribution is 2.67. The number of hydrogen-bond donors (Lipinski definition) is 0. The topological polar surface area (TPSA) is 18.5 Å². The standard InChI is InChI=1S/C32H52O2/c1-22(2)9-8-10-23(3)27-14-15-28-26-13-12-24-21-25(34-30-11-6-7-20-33-30)16-18-31(24,4)29(26)17-19-32(27,28)5/h10,12,22,25-30H,6-9,11,13-21H2,1-5H3/b23-10+. The lowest BCUT2D eigenvalue weighted by Crippen LogP contribution is -2.50. The minimum Gasteiger partial charge on any atom is -0.353 e. The highest BCUT2D eigenvalue weighted by Gasteiger charge is 2.58. The zero-order valence-corrected chi connectivity index (χ0v) is 22.9. The first-order chi connectivity index (χ1) is 16.3. The Balaban J connectivity index is 1.27. The van der Waals surface area contributed by atoms with Gasteiger partial charge in [-0.2, -0.15) is 0 Å². The molecule has 1 saturated heterocycles. The molecule has 8 unspecified atom stereocenters. The van der Waals surface area contributed by atoms with Crippen molar-refractivity contribution < 1.29 is 9.47 Å². The average Bonchev–Trinajstić information content (AvgIpc) is 3.17. The first-order valence-corrected chi connectivity index (χ1v) is 14.9. The fourth-order valence-corrected chi connectivity index (χ4v) is 9.31. The van der Waals surface area contributed by atoms with Gasteiger partial charge in [0.15, 0.2) is 6.29 Å². The second-order valence-electron chi connectivity index (χ2n) is 13.7. The van der Waals surface area contributed by atoms with Gasteiger partial charge in [-0.15, -0.1) is 0 Å². The lowest BCUT2D eigenvalue weighted by molar-refractivity contribution is -0.195. The van der Waals surface area contributed by atoms with Crippen LogP contribution in [0.5, 0.6) is 0 Å². The Morgan fingerprint density at radius 3 is 2.71 bits per heavy atom. The zero-order valence-electron chi connectivity index (χ0n) is 22.9. The summed E-state index contributed by atoms with van der Waals surface area (Å²) in [5.41, 5.74) is 4.39. The van der Waals surface area contributed by atoms with Crippen LogP contribution in [-0.4, -0.2) is 19.0 Å². The molecule has 0 N–H and O–H groups in total. The first-order valence-electron chi connectivity index (χ1n) is 14.9. The number of fused-ring (bicyclic) bond motifs is 5. The maximum Gasteiger partial charge on any atom is 0.157 e. The summed E-state index contributed by atoms with van der Waals surface area (Å²) in [6.07, 6.45) is 22.7. The van der Waals surface area contributed by atoms with E-state index in [1.165, 1.54) is 70.6 Å². The molecule has 5 aliphatic rings. The van der Waals surface area contributed by atoms with Crippen LogP contribution >= 0.6 is 0 Å². The number of allylic oxidation sites excluding steroid dienone is 3. The molecule has 8 atom stereocenters. The van der Waals surface area contributed by atoms with Crippen molar-refractivity contribution in [1.82, 2.24) is 0 Å². The quantitative estimate of drug-likeness (QED) is 0.362. The predicted octanol–water partition coefficient (Wildman–Crippen LogP) is 8.86. The van der Waals surface area contributed by atoms with Gasteiger partial charge in [0.05, 0.1) is 6.10 Å². The molecule has 4 fully saturated rings. The van der Waals surface area contributed by atoms with Crippen LogP contribution in [0, 0.1) is 40.4 Å². The maximum absolute atomic E-state index is 6.47. The van der Waals surface area contributed by atoms with Gasteiger partial charge in [-0.1, -0.05) is 51.0 Å². The van der Waals surface area contributed by atoms with Crippen LogP contribution in [-0.2, 0) is 9.47 Å². The van der Waals surface area contributed by atoms with Crippen molar-refractivity contribution in [2.24, 2.45) is 40.4 Å². The Hall–Kier alpha value is -0.600. The van der Waals surface area contributed by atoms with E-state index in [1.54, 1.807) is 11.1 Å². The Labute approximate surface area is 210 Å². The van der Waals surface area contributed by atoms with Crippen molar-refractivity contribution in [3.63, 3.8) is 0 Å². The smallest absolute Gasteiger partial charge is 0.157 e. The van der Waals surface area contributed by atoms with Crippen LogP contribution in [0.2, 0.25) is 0 Å². The van der Waals surface area contributed by atoms with Crippen molar-refractivity contribution in [2.45, 2.75) is 130 Å². The third-order valence-electron chi connectivity index (χ3n) is 11.3. The largest absolute Gasteiger partial charge is 0.353 e. The Bertz CT molecular complexity index is 774. The molecule has 0 bridgehead atoms. The number of hydrogen-bond acceptors (Lipinski definition) is 2. The molecule has 5 rings (SSSR count). The molecule has 34 heavy (non-hydrogen) atoms. The lowest BCUT2D eigenvalue weighted by Gasteiger charge is -2.58. The molecule has 0 aromatic carbocycles. The predicted molar refractivity (Wildman–Crippen MR) is 141 cm³/mol. The molecule has 1 aliphatic heterocycles. The van der Waals surface area contributed by atoms with E-state index in [-0.39, 0.29) is 6.29 Å². The third-order valence-corrected chi connectivity index (χ3v) is 11.3. The Kier molecular flexibility index (Phi) is 7.40. The van der Waals surface area contributed by atoms with E-state index in [0.29, 0.717) is 16.9 Å². The van der Waals surface area contributed by atoms with Gasteiger partial charge in [-0.05, 0) is 131 Å². The number of rotatable bonds is 6. The molecular weight excluding hydrogens is 416 g/mol. The van der Waals surface area contributed by atoms with Crippen LogP contribution < -0.4 is 0 Å². The van der Waals surface area contributed by atoms with Gasteiger partial charge < -0.3 is 9.47 Å². The fourth-order valence-electron chi connectivity index (χ4n) is 9.31. The van der Waals surface area contributed by atoms with Crippen molar-refractivity contribution in [2.75, 3.05) is 6.61 Å². The molecule has 0 spiro atoms. The van der Waals surface area contributed by atoms with E-state index in [2.05, 4.69) is 46.8 Å². The van der Waals surface area contributed by atoms with Crippen LogP contribution in [0.1, 0.15) is 118 Å². The molecule has 4 aliphatic carbocycles. The van der Waals surface area contributed by atoms with Crippen LogP contribution in [0.3, 0.4) is 0 Å². The molecular formula is C32H52O2. The SMILES string of the molecule is C/C(=C\CCC(C)C)C1CCC2C3CC=C4CC(OC5CCCCO5)CCC4(C)C3CCC12C.